The van der Waals surface area contributed by atoms with E-state index in [1.54, 1.807) is 12.1 Å². The van der Waals surface area contributed by atoms with Gasteiger partial charge < -0.3 is 19.8 Å². The summed E-state index contributed by atoms with van der Waals surface area (Å²) >= 11 is 0. The highest BCUT2D eigenvalue weighted by molar-refractivity contribution is 5.84. The second kappa shape index (κ2) is 8.36. The molecule has 0 radical (unpaired) electrons. The van der Waals surface area contributed by atoms with Gasteiger partial charge in [0.25, 0.3) is 11.4 Å². The predicted molar refractivity (Wildman–Crippen MR) is 154 cm³/mol. The van der Waals surface area contributed by atoms with Crippen LogP contribution in [0.5, 0.6) is 0 Å². The van der Waals surface area contributed by atoms with Crippen LogP contribution in [0.15, 0.2) is 72.8 Å². The number of hydrogen-bond donors (Lipinski definition) is 2. The molecule has 0 fully saturated rings. The number of H-pyrrole nitrogens is 2. The Bertz CT molecular complexity index is 1930. The molecule has 12 heteroatoms. The SMILES string of the molecule is O=[N+]([O-])c1ccc2nc(-c3ccc4c(c3)CN3CN4Cc4cc(-c5nc6ccc([N+](=O)[O-])cc6[nH]5)ccc43)[nH]c2c1. The highest BCUT2D eigenvalue weighted by Gasteiger charge is 2.30. The van der Waals surface area contributed by atoms with Crippen molar-refractivity contribution in [3.8, 4) is 22.8 Å². The molecule has 0 spiro atoms. The van der Waals surface area contributed by atoms with Gasteiger partial charge in [-0.2, -0.15) is 0 Å². The van der Waals surface area contributed by atoms with E-state index in [1.807, 2.05) is 12.1 Å². The molecule has 200 valence electrons. The van der Waals surface area contributed by atoms with Crippen LogP contribution in [0.1, 0.15) is 11.1 Å². The second-order valence-electron chi connectivity index (χ2n) is 10.3. The zero-order valence-electron chi connectivity index (χ0n) is 21.4. The highest BCUT2D eigenvalue weighted by Crippen LogP contribution is 2.40. The van der Waals surface area contributed by atoms with E-state index in [9.17, 15) is 20.2 Å². The van der Waals surface area contributed by atoms with Crippen molar-refractivity contribution in [2.45, 2.75) is 13.1 Å². The van der Waals surface area contributed by atoms with Gasteiger partial charge in [0.2, 0.25) is 0 Å². The molecular weight excluding hydrogens is 524 g/mol. The van der Waals surface area contributed by atoms with Gasteiger partial charge >= 0.3 is 0 Å². The molecule has 4 aromatic carbocycles. The van der Waals surface area contributed by atoms with Crippen LogP contribution in [-0.4, -0.2) is 36.5 Å². The molecule has 2 bridgehead atoms. The number of hydrogen-bond acceptors (Lipinski definition) is 8. The Morgan fingerprint density at radius 3 is 1.54 bits per heavy atom. The maximum Gasteiger partial charge on any atom is 0.271 e. The number of aromatic amines is 2. The van der Waals surface area contributed by atoms with E-state index in [0.29, 0.717) is 33.7 Å². The Hall–Kier alpha value is -5.78. The maximum absolute atomic E-state index is 11.2. The summed E-state index contributed by atoms with van der Waals surface area (Å²) in [4.78, 5) is 42.0. The number of rotatable bonds is 4. The Labute approximate surface area is 231 Å². The van der Waals surface area contributed by atoms with Crippen molar-refractivity contribution >= 4 is 44.8 Å². The standard InChI is InChI=1S/C29H20N8O4/c38-36(39)20-3-5-22-24(11-20)32-28(30-22)16-1-7-26-18(9-16)13-35-15-34(26)14-19-10-17(2-8-27(19)35)29-31-23-6-4-21(37(40)41)12-25(23)33-29/h1-12H,13-15H2,(H,30,32)(H,31,33). The number of nitro groups is 2. The minimum absolute atomic E-state index is 0.0256. The Balaban J connectivity index is 1.10. The first-order valence-corrected chi connectivity index (χ1v) is 12.9. The Kier molecular flexibility index (Phi) is 4.72. The smallest absolute Gasteiger partial charge is 0.271 e. The van der Waals surface area contributed by atoms with Crippen LogP contribution < -0.4 is 9.80 Å². The van der Waals surface area contributed by atoms with Crippen LogP contribution in [0.25, 0.3) is 44.8 Å². The van der Waals surface area contributed by atoms with E-state index in [2.05, 4.69) is 54.0 Å². The third kappa shape index (κ3) is 3.68. The number of imidazole rings is 2. The number of anilines is 2. The lowest BCUT2D eigenvalue weighted by atomic mass is 9.98. The first-order chi connectivity index (χ1) is 19.9. The summed E-state index contributed by atoms with van der Waals surface area (Å²) in [7, 11) is 0. The monoisotopic (exact) mass is 544 g/mol. The summed E-state index contributed by atoms with van der Waals surface area (Å²) in [5.41, 5.74) is 9.18. The minimum atomic E-state index is -0.411. The van der Waals surface area contributed by atoms with Crippen LogP contribution in [0, 0.1) is 20.2 Å². The topological polar surface area (TPSA) is 150 Å². The van der Waals surface area contributed by atoms with E-state index in [1.165, 1.54) is 35.4 Å². The van der Waals surface area contributed by atoms with Crippen LogP contribution in [0.3, 0.4) is 0 Å². The molecular formula is C29H20N8O4. The molecule has 8 rings (SSSR count). The maximum atomic E-state index is 11.2. The van der Waals surface area contributed by atoms with Crippen molar-refractivity contribution < 1.29 is 9.85 Å². The lowest BCUT2D eigenvalue weighted by molar-refractivity contribution is -0.384. The largest absolute Gasteiger partial charge is 0.349 e. The molecule has 0 atom stereocenters. The summed E-state index contributed by atoms with van der Waals surface area (Å²) in [6, 6.07) is 21.8. The van der Waals surface area contributed by atoms with E-state index in [4.69, 9.17) is 0 Å². The van der Waals surface area contributed by atoms with E-state index >= 15 is 0 Å². The third-order valence-corrected chi connectivity index (χ3v) is 7.80. The normalized spacial score (nSPS) is 13.9. The molecule has 41 heavy (non-hydrogen) atoms. The minimum Gasteiger partial charge on any atom is -0.349 e. The molecule has 0 saturated heterocycles. The lowest BCUT2D eigenvalue weighted by Gasteiger charge is -2.45. The van der Waals surface area contributed by atoms with Crippen molar-refractivity contribution in [2.75, 3.05) is 16.5 Å². The van der Waals surface area contributed by atoms with Crippen molar-refractivity contribution in [1.29, 1.82) is 0 Å². The molecule has 2 aliphatic heterocycles. The highest BCUT2D eigenvalue weighted by atomic mass is 16.6. The molecule has 0 unspecified atom stereocenters. The fourth-order valence-corrected chi connectivity index (χ4v) is 5.87. The number of nitrogens with one attached hydrogen (secondary N) is 2. The van der Waals surface area contributed by atoms with Gasteiger partial charge in [-0.25, -0.2) is 9.97 Å². The summed E-state index contributed by atoms with van der Waals surface area (Å²) in [6.07, 6.45) is 0. The zero-order valence-corrected chi connectivity index (χ0v) is 21.4. The van der Waals surface area contributed by atoms with Crippen LogP contribution >= 0.6 is 0 Å². The fourth-order valence-electron chi connectivity index (χ4n) is 5.87. The van der Waals surface area contributed by atoms with Gasteiger partial charge in [0, 0.05) is 59.9 Å². The molecule has 0 saturated carbocycles. The van der Waals surface area contributed by atoms with Crippen molar-refractivity contribution in [2.24, 2.45) is 0 Å². The fraction of sp³-hybridized carbons (Fsp3) is 0.103. The van der Waals surface area contributed by atoms with Crippen molar-refractivity contribution in [3.63, 3.8) is 0 Å². The zero-order chi connectivity index (χ0) is 27.8. The summed E-state index contributed by atoms with van der Waals surface area (Å²) in [5.74, 6) is 1.34. The summed E-state index contributed by atoms with van der Waals surface area (Å²) in [5, 5.41) is 22.3. The Morgan fingerprint density at radius 2 is 1.10 bits per heavy atom. The van der Waals surface area contributed by atoms with Crippen LogP contribution in [0.2, 0.25) is 0 Å². The average molecular weight is 545 g/mol. The molecule has 2 aliphatic rings. The number of nitro benzene ring substituents is 2. The Morgan fingerprint density at radius 1 is 0.634 bits per heavy atom. The number of aromatic nitrogens is 4. The van der Waals surface area contributed by atoms with Crippen molar-refractivity contribution in [3.05, 3.63) is 104 Å². The summed E-state index contributed by atoms with van der Waals surface area (Å²) < 4.78 is 0. The third-order valence-electron chi connectivity index (χ3n) is 7.80. The van der Waals surface area contributed by atoms with Gasteiger partial charge in [-0.05, 0) is 59.7 Å². The number of nitrogens with zero attached hydrogens (tertiary/aromatic N) is 6. The van der Waals surface area contributed by atoms with Crippen molar-refractivity contribution in [1.82, 2.24) is 19.9 Å². The second-order valence-corrected chi connectivity index (χ2v) is 10.3. The molecule has 2 aromatic heterocycles. The van der Waals surface area contributed by atoms with Crippen LogP contribution in [0.4, 0.5) is 22.7 Å². The van der Waals surface area contributed by atoms with E-state index in [0.717, 1.165) is 42.3 Å². The van der Waals surface area contributed by atoms with Gasteiger partial charge in [0.15, 0.2) is 0 Å². The van der Waals surface area contributed by atoms with E-state index < -0.39 is 9.85 Å². The number of non-ortho nitro benzene ring substituents is 2. The van der Waals surface area contributed by atoms with Gasteiger partial charge in [0.1, 0.15) is 11.6 Å². The molecule has 4 heterocycles. The summed E-state index contributed by atoms with van der Waals surface area (Å²) in [6.45, 7) is 2.24. The quantitative estimate of drug-likeness (QED) is 0.206. The lowest BCUT2D eigenvalue weighted by Crippen LogP contribution is -2.46. The average Bonchev–Trinajstić information content (AvgIpc) is 3.60. The first kappa shape index (κ1) is 23.1. The van der Waals surface area contributed by atoms with Gasteiger partial charge in [0.05, 0.1) is 38.6 Å². The number of fused-ring (bicyclic) bond motifs is 8. The van der Waals surface area contributed by atoms with E-state index in [-0.39, 0.29) is 11.4 Å². The molecule has 12 nitrogen and oxygen atoms in total. The first-order valence-electron chi connectivity index (χ1n) is 12.9. The van der Waals surface area contributed by atoms with Gasteiger partial charge in [-0.15, -0.1) is 0 Å². The molecule has 0 aliphatic carbocycles. The predicted octanol–water partition coefficient (Wildman–Crippen LogP) is 5.89. The van der Waals surface area contributed by atoms with Crippen LogP contribution in [-0.2, 0) is 13.1 Å². The van der Waals surface area contributed by atoms with Gasteiger partial charge in [-0.3, -0.25) is 20.2 Å². The number of benzene rings is 4. The molecule has 2 N–H and O–H groups in total. The molecule has 6 aromatic rings. The van der Waals surface area contributed by atoms with Gasteiger partial charge in [-0.1, -0.05) is 0 Å². The molecule has 0 amide bonds.